The summed E-state index contributed by atoms with van der Waals surface area (Å²) in [5, 5.41) is 6.55. The van der Waals surface area contributed by atoms with Crippen LogP contribution in [0, 0.1) is 6.92 Å². The van der Waals surface area contributed by atoms with Gasteiger partial charge in [0.2, 0.25) is 5.95 Å². The predicted octanol–water partition coefficient (Wildman–Crippen LogP) is 4.50. The Bertz CT molecular complexity index is 957. The lowest BCUT2D eigenvalue weighted by Gasteiger charge is -2.13. The molecule has 2 N–H and O–H groups in total. The first-order valence-electron chi connectivity index (χ1n) is 8.37. The summed E-state index contributed by atoms with van der Waals surface area (Å²) in [5.74, 6) is 0.0249. The highest BCUT2D eigenvalue weighted by Crippen LogP contribution is 2.23. The van der Waals surface area contributed by atoms with Crippen molar-refractivity contribution in [3.05, 3.63) is 71.0 Å². The van der Waals surface area contributed by atoms with Gasteiger partial charge in [-0.15, -0.1) is 0 Å². The molecular formula is C20H20ClN5O. The second-order valence-electron chi connectivity index (χ2n) is 6.25. The zero-order valence-corrected chi connectivity index (χ0v) is 16.1. The Labute approximate surface area is 163 Å². The number of hydrogen-bond acceptors (Lipinski definition) is 5. The summed E-state index contributed by atoms with van der Waals surface area (Å²) >= 11 is 6.04. The second-order valence-corrected chi connectivity index (χ2v) is 6.68. The van der Waals surface area contributed by atoms with Crippen LogP contribution in [0.5, 0.6) is 0 Å². The van der Waals surface area contributed by atoms with Crippen molar-refractivity contribution in [1.29, 1.82) is 0 Å². The molecule has 0 aliphatic carbocycles. The van der Waals surface area contributed by atoms with E-state index in [2.05, 4.69) is 20.6 Å². The summed E-state index contributed by atoms with van der Waals surface area (Å²) in [6.07, 6.45) is 1.54. The van der Waals surface area contributed by atoms with Crippen molar-refractivity contribution >= 4 is 40.5 Å². The summed E-state index contributed by atoms with van der Waals surface area (Å²) < 4.78 is 0. The Hall–Kier alpha value is -3.12. The molecular weight excluding hydrogens is 362 g/mol. The third-order valence-electron chi connectivity index (χ3n) is 3.98. The maximum atomic E-state index is 12.5. The first-order valence-corrected chi connectivity index (χ1v) is 8.75. The van der Waals surface area contributed by atoms with Gasteiger partial charge < -0.3 is 15.5 Å². The summed E-state index contributed by atoms with van der Waals surface area (Å²) in [7, 11) is 3.93. The van der Waals surface area contributed by atoms with Crippen molar-refractivity contribution in [2.75, 3.05) is 29.6 Å². The SMILES string of the molecule is Cc1ccc(Cl)cc1Nc1nccc(C(=O)Nc2ccc(N(C)C)cc2)n1. The smallest absolute Gasteiger partial charge is 0.274 e. The fraction of sp³-hybridized carbons (Fsp3) is 0.150. The van der Waals surface area contributed by atoms with Gasteiger partial charge in [0.1, 0.15) is 5.69 Å². The molecule has 0 spiro atoms. The Morgan fingerprint density at radius 3 is 2.52 bits per heavy atom. The van der Waals surface area contributed by atoms with E-state index < -0.39 is 0 Å². The average molecular weight is 382 g/mol. The van der Waals surface area contributed by atoms with Crippen LogP contribution in [0.4, 0.5) is 23.0 Å². The minimum Gasteiger partial charge on any atom is -0.378 e. The number of aromatic nitrogens is 2. The predicted molar refractivity (Wildman–Crippen MR) is 110 cm³/mol. The van der Waals surface area contributed by atoms with Crippen LogP contribution >= 0.6 is 11.6 Å². The van der Waals surface area contributed by atoms with Gasteiger partial charge in [0, 0.05) is 42.4 Å². The second kappa shape index (κ2) is 8.05. The molecule has 7 heteroatoms. The van der Waals surface area contributed by atoms with E-state index in [1.54, 1.807) is 18.3 Å². The first kappa shape index (κ1) is 18.7. The molecule has 0 atom stereocenters. The van der Waals surface area contributed by atoms with Crippen LogP contribution in [-0.2, 0) is 0 Å². The molecule has 3 rings (SSSR count). The summed E-state index contributed by atoms with van der Waals surface area (Å²) in [4.78, 5) is 23.0. The number of aryl methyl sites for hydroxylation is 1. The van der Waals surface area contributed by atoms with Gasteiger partial charge in [0.15, 0.2) is 0 Å². The number of benzene rings is 2. The number of nitrogens with zero attached hydrogens (tertiary/aromatic N) is 3. The summed E-state index contributed by atoms with van der Waals surface area (Å²) in [6.45, 7) is 1.95. The lowest BCUT2D eigenvalue weighted by atomic mass is 10.2. The number of anilines is 4. The number of carbonyl (C=O) groups excluding carboxylic acids is 1. The highest BCUT2D eigenvalue weighted by Gasteiger charge is 2.10. The zero-order chi connectivity index (χ0) is 19.4. The Balaban J connectivity index is 1.74. The summed E-state index contributed by atoms with van der Waals surface area (Å²) in [5.41, 5.74) is 3.81. The number of carbonyl (C=O) groups is 1. The lowest BCUT2D eigenvalue weighted by molar-refractivity contribution is 0.102. The van der Waals surface area contributed by atoms with Crippen LogP contribution in [-0.4, -0.2) is 30.0 Å². The highest BCUT2D eigenvalue weighted by molar-refractivity contribution is 6.30. The van der Waals surface area contributed by atoms with Gasteiger partial charge in [-0.2, -0.15) is 0 Å². The topological polar surface area (TPSA) is 70.2 Å². The van der Waals surface area contributed by atoms with Crippen molar-refractivity contribution in [2.24, 2.45) is 0 Å². The Morgan fingerprint density at radius 1 is 1.07 bits per heavy atom. The highest BCUT2D eigenvalue weighted by atomic mass is 35.5. The van der Waals surface area contributed by atoms with Crippen molar-refractivity contribution in [3.63, 3.8) is 0 Å². The maximum absolute atomic E-state index is 12.5. The zero-order valence-electron chi connectivity index (χ0n) is 15.3. The standard InChI is InChI=1S/C20H20ClN5O/c1-13-4-5-14(21)12-18(13)25-20-22-11-10-17(24-20)19(27)23-15-6-8-16(9-7-15)26(2)3/h4-12H,1-3H3,(H,23,27)(H,22,24,25). The van der Waals surface area contributed by atoms with Gasteiger partial charge in [-0.25, -0.2) is 9.97 Å². The number of halogens is 1. The molecule has 1 amide bonds. The molecule has 0 aliphatic heterocycles. The number of rotatable bonds is 5. The van der Waals surface area contributed by atoms with Crippen LogP contribution in [0.1, 0.15) is 16.1 Å². The normalized spacial score (nSPS) is 10.4. The molecule has 0 aliphatic rings. The van der Waals surface area contributed by atoms with Gasteiger partial charge >= 0.3 is 0 Å². The molecule has 2 aromatic carbocycles. The van der Waals surface area contributed by atoms with Gasteiger partial charge in [-0.1, -0.05) is 17.7 Å². The molecule has 0 saturated carbocycles. The molecule has 0 unspecified atom stereocenters. The molecule has 0 bridgehead atoms. The van der Waals surface area contributed by atoms with E-state index in [9.17, 15) is 4.79 Å². The van der Waals surface area contributed by atoms with Gasteiger partial charge in [0.25, 0.3) is 5.91 Å². The van der Waals surface area contributed by atoms with Crippen LogP contribution in [0.3, 0.4) is 0 Å². The maximum Gasteiger partial charge on any atom is 0.274 e. The average Bonchev–Trinajstić information content (AvgIpc) is 2.65. The molecule has 3 aromatic rings. The van der Waals surface area contributed by atoms with E-state index in [0.29, 0.717) is 16.7 Å². The molecule has 1 heterocycles. The van der Waals surface area contributed by atoms with Crippen LogP contribution in [0.2, 0.25) is 5.02 Å². The molecule has 0 fully saturated rings. The van der Waals surface area contributed by atoms with Crippen LogP contribution in [0.25, 0.3) is 0 Å². The minimum atomic E-state index is -0.305. The van der Waals surface area contributed by atoms with E-state index in [0.717, 1.165) is 16.9 Å². The van der Waals surface area contributed by atoms with Crippen molar-refractivity contribution in [3.8, 4) is 0 Å². The van der Waals surface area contributed by atoms with Gasteiger partial charge in [-0.3, -0.25) is 4.79 Å². The Morgan fingerprint density at radius 2 is 1.81 bits per heavy atom. The third-order valence-corrected chi connectivity index (χ3v) is 4.21. The molecule has 0 radical (unpaired) electrons. The van der Waals surface area contributed by atoms with E-state index in [1.807, 2.05) is 62.3 Å². The molecule has 0 saturated heterocycles. The van der Waals surface area contributed by atoms with Crippen molar-refractivity contribution < 1.29 is 4.79 Å². The minimum absolute atomic E-state index is 0.267. The fourth-order valence-corrected chi connectivity index (χ4v) is 2.60. The van der Waals surface area contributed by atoms with Crippen LogP contribution in [0.15, 0.2) is 54.7 Å². The van der Waals surface area contributed by atoms with Crippen molar-refractivity contribution in [2.45, 2.75) is 6.92 Å². The molecule has 138 valence electrons. The van der Waals surface area contributed by atoms with Crippen LogP contribution < -0.4 is 15.5 Å². The fourth-order valence-electron chi connectivity index (χ4n) is 2.43. The monoisotopic (exact) mass is 381 g/mol. The van der Waals surface area contributed by atoms with Gasteiger partial charge in [-0.05, 0) is 55.0 Å². The largest absolute Gasteiger partial charge is 0.378 e. The third kappa shape index (κ3) is 4.74. The summed E-state index contributed by atoms with van der Waals surface area (Å²) in [6, 6.07) is 14.6. The first-order chi connectivity index (χ1) is 12.9. The number of nitrogens with one attached hydrogen (secondary N) is 2. The van der Waals surface area contributed by atoms with E-state index in [-0.39, 0.29) is 11.6 Å². The van der Waals surface area contributed by atoms with E-state index >= 15 is 0 Å². The van der Waals surface area contributed by atoms with Gasteiger partial charge in [0.05, 0.1) is 0 Å². The number of hydrogen-bond donors (Lipinski definition) is 2. The quantitative estimate of drug-likeness (QED) is 0.680. The number of amides is 1. The van der Waals surface area contributed by atoms with E-state index in [1.165, 1.54) is 0 Å². The molecule has 1 aromatic heterocycles. The molecule has 6 nitrogen and oxygen atoms in total. The van der Waals surface area contributed by atoms with Crippen molar-refractivity contribution in [1.82, 2.24) is 9.97 Å². The molecule has 27 heavy (non-hydrogen) atoms. The van der Waals surface area contributed by atoms with E-state index in [4.69, 9.17) is 11.6 Å². The lowest BCUT2D eigenvalue weighted by Crippen LogP contribution is -2.15. The Kier molecular flexibility index (Phi) is 5.57.